The Hall–Kier alpha value is -2.33. The van der Waals surface area contributed by atoms with Gasteiger partial charge in [-0.1, -0.05) is 35.9 Å². The van der Waals surface area contributed by atoms with Gasteiger partial charge in [-0.3, -0.25) is 0 Å². The summed E-state index contributed by atoms with van der Waals surface area (Å²) in [7, 11) is 0. The third-order valence-electron chi connectivity index (χ3n) is 2.79. The zero-order chi connectivity index (χ0) is 13.7. The summed E-state index contributed by atoms with van der Waals surface area (Å²) in [5.41, 5.74) is 9.17. The molecule has 0 aliphatic heterocycles. The number of amides is 2. The fourth-order valence-electron chi connectivity index (χ4n) is 1.74. The molecule has 0 spiro atoms. The zero-order valence-electron chi connectivity index (χ0n) is 10.8. The van der Waals surface area contributed by atoms with E-state index in [0.29, 0.717) is 6.54 Å². The molecule has 0 unspecified atom stereocenters. The van der Waals surface area contributed by atoms with Crippen molar-refractivity contribution in [2.45, 2.75) is 13.5 Å². The molecule has 4 heteroatoms. The smallest absolute Gasteiger partial charge is 0.323 e. The van der Waals surface area contributed by atoms with Crippen LogP contribution in [0, 0.1) is 6.92 Å². The monoisotopic (exact) mass is 255 g/mol. The van der Waals surface area contributed by atoms with E-state index in [1.165, 1.54) is 0 Å². The molecule has 0 saturated heterocycles. The summed E-state index contributed by atoms with van der Waals surface area (Å²) >= 11 is 0. The molecular formula is C15H17N3O. The van der Waals surface area contributed by atoms with Crippen LogP contribution < -0.4 is 16.4 Å². The van der Waals surface area contributed by atoms with Crippen LogP contribution in [0.25, 0.3) is 0 Å². The second-order valence-corrected chi connectivity index (χ2v) is 4.31. The third kappa shape index (κ3) is 3.56. The topological polar surface area (TPSA) is 67.2 Å². The van der Waals surface area contributed by atoms with Gasteiger partial charge >= 0.3 is 6.03 Å². The van der Waals surface area contributed by atoms with E-state index >= 15 is 0 Å². The predicted molar refractivity (Wildman–Crippen MR) is 78.2 cm³/mol. The summed E-state index contributed by atoms with van der Waals surface area (Å²) < 4.78 is 0. The van der Waals surface area contributed by atoms with Crippen LogP contribution in [0.5, 0.6) is 0 Å². The van der Waals surface area contributed by atoms with E-state index in [2.05, 4.69) is 10.6 Å². The normalized spacial score (nSPS) is 10.0. The van der Waals surface area contributed by atoms with Crippen molar-refractivity contribution >= 4 is 17.4 Å². The van der Waals surface area contributed by atoms with E-state index in [-0.39, 0.29) is 6.03 Å². The van der Waals surface area contributed by atoms with Crippen LogP contribution in [-0.4, -0.2) is 6.03 Å². The molecule has 2 aromatic rings. The van der Waals surface area contributed by atoms with Crippen molar-refractivity contribution in [3.63, 3.8) is 0 Å². The number of para-hydroxylation sites is 1. The average molecular weight is 255 g/mol. The molecule has 19 heavy (non-hydrogen) atoms. The number of carbonyl (C=O) groups excluding carboxylic acids is 1. The first-order valence-electron chi connectivity index (χ1n) is 6.11. The summed E-state index contributed by atoms with van der Waals surface area (Å²) in [6.07, 6.45) is 0. The van der Waals surface area contributed by atoms with Crippen molar-refractivity contribution in [3.8, 4) is 0 Å². The predicted octanol–water partition coefficient (Wildman–Crippen LogP) is 3.10. The average Bonchev–Trinajstić information content (AvgIpc) is 2.42. The molecule has 2 aromatic carbocycles. The number of benzene rings is 2. The molecule has 2 amide bonds. The molecule has 0 saturated carbocycles. The van der Waals surface area contributed by atoms with Crippen LogP contribution in [0.15, 0.2) is 48.5 Å². The number of anilines is 2. The van der Waals surface area contributed by atoms with Crippen molar-refractivity contribution in [1.82, 2.24) is 0 Å². The Labute approximate surface area is 112 Å². The number of rotatable bonds is 3. The first kappa shape index (κ1) is 13.1. The molecule has 4 N–H and O–H groups in total. The molecular weight excluding hydrogens is 238 g/mol. The van der Waals surface area contributed by atoms with Crippen LogP contribution in [-0.2, 0) is 6.54 Å². The molecule has 0 atom stereocenters. The van der Waals surface area contributed by atoms with Gasteiger partial charge in [0.25, 0.3) is 0 Å². The maximum Gasteiger partial charge on any atom is 0.323 e. The molecule has 0 aliphatic rings. The standard InChI is InChI=1S/C15H17N3O/c1-11-6-8-13(9-7-11)17-15(19)18-14-5-3-2-4-12(14)10-16/h2-9H,10,16H2,1H3,(H2,17,18,19). The van der Waals surface area contributed by atoms with Crippen molar-refractivity contribution in [3.05, 3.63) is 59.7 Å². The summed E-state index contributed by atoms with van der Waals surface area (Å²) in [6.45, 7) is 2.39. The number of hydrogen-bond acceptors (Lipinski definition) is 2. The van der Waals surface area contributed by atoms with Gasteiger partial charge in [-0.05, 0) is 30.7 Å². The Bertz CT molecular complexity index is 564. The minimum Gasteiger partial charge on any atom is -0.326 e. The lowest BCUT2D eigenvalue weighted by Gasteiger charge is -2.10. The maximum atomic E-state index is 11.9. The minimum absolute atomic E-state index is 0.273. The van der Waals surface area contributed by atoms with Gasteiger partial charge in [0.1, 0.15) is 0 Å². The van der Waals surface area contributed by atoms with Gasteiger partial charge < -0.3 is 16.4 Å². The molecule has 0 fully saturated rings. The van der Waals surface area contributed by atoms with E-state index in [1.54, 1.807) is 0 Å². The van der Waals surface area contributed by atoms with E-state index in [4.69, 9.17) is 5.73 Å². The van der Waals surface area contributed by atoms with E-state index in [1.807, 2.05) is 55.5 Å². The zero-order valence-corrected chi connectivity index (χ0v) is 10.8. The Morgan fingerprint density at radius 2 is 1.74 bits per heavy atom. The van der Waals surface area contributed by atoms with Crippen molar-refractivity contribution in [2.24, 2.45) is 5.73 Å². The fraction of sp³-hybridized carbons (Fsp3) is 0.133. The molecule has 0 heterocycles. The fourth-order valence-corrected chi connectivity index (χ4v) is 1.74. The lowest BCUT2D eigenvalue weighted by molar-refractivity contribution is 0.262. The SMILES string of the molecule is Cc1ccc(NC(=O)Nc2ccccc2CN)cc1. The van der Waals surface area contributed by atoms with E-state index < -0.39 is 0 Å². The van der Waals surface area contributed by atoms with Gasteiger partial charge in [-0.25, -0.2) is 4.79 Å². The second kappa shape index (κ2) is 6.02. The highest BCUT2D eigenvalue weighted by molar-refractivity contribution is 6.00. The van der Waals surface area contributed by atoms with Gasteiger partial charge in [0.05, 0.1) is 0 Å². The highest BCUT2D eigenvalue weighted by Gasteiger charge is 2.05. The Kier molecular flexibility index (Phi) is 4.15. The quantitative estimate of drug-likeness (QED) is 0.789. The summed E-state index contributed by atoms with van der Waals surface area (Å²) in [5, 5.41) is 5.57. The van der Waals surface area contributed by atoms with Gasteiger partial charge in [0.2, 0.25) is 0 Å². The molecule has 0 aromatic heterocycles. The van der Waals surface area contributed by atoms with Crippen molar-refractivity contribution in [1.29, 1.82) is 0 Å². The largest absolute Gasteiger partial charge is 0.326 e. The van der Waals surface area contributed by atoms with Gasteiger partial charge in [-0.2, -0.15) is 0 Å². The van der Waals surface area contributed by atoms with E-state index in [9.17, 15) is 4.79 Å². The highest BCUT2D eigenvalue weighted by atomic mass is 16.2. The number of nitrogens with two attached hydrogens (primary N) is 1. The molecule has 2 rings (SSSR count). The molecule has 0 radical (unpaired) electrons. The summed E-state index contributed by atoms with van der Waals surface area (Å²) in [4.78, 5) is 11.9. The van der Waals surface area contributed by atoms with Crippen LogP contribution >= 0.6 is 0 Å². The van der Waals surface area contributed by atoms with Gasteiger partial charge in [0.15, 0.2) is 0 Å². The van der Waals surface area contributed by atoms with Crippen LogP contribution in [0.2, 0.25) is 0 Å². The lowest BCUT2D eigenvalue weighted by Crippen LogP contribution is -2.20. The second-order valence-electron chi connectivity index (χ2n) is 4.31. The van der Waals surface area contributed by atoms with Crippen molar-refractivity contribution in [2.75, 3.05) is 10.6 Å². The summed E-state index contributed by atoms with van der Waals surface area (Å²) in [6, 6.07) is 14.8. The molecule has 98 valence electrons. The Morgan fingerprint density at radius 1 is 1.05 bits per heavy atom. The third-order valence-corrected chi connectivity index (χ3v) is 2.79. The van der Waals surface area contributed by atoms with Crippen LogP contribution in [0.3, 0.4) is 0 Å². The number of urea groups is 1. The molecule has 0 bridgehead atoms. The minimum atomic E-state index is -0.273. The van der Waals surface area contributed by atoms with Crippen LogP contribution in [0.1, 0.15) is 11.1 Å². The molecule has 4 nitrogen and oxygen atoms in total. The lowest BCUT2D eigenvalue weighted by atomic mass is 10.2. The number of nitrogens with one attached hydrogen (secondary N) is 2. The first-order chi connectivity index (χ1) is 9.19. The van der Waals surface area contributed by atoms with Crippen LogP contribution in [0.4, 0.5) is 16.2 Å². The van der Waals surface area contributed by atoms with Gasteiger partial charge in [0, 0.05) is 17.9 Å². The first-order valence-corrected chi connectivity index (χ1v) is 6.11. The maximum absolute atomic E-state index is 11.9. The van der Waals surface area contributed by atoms with E-state index in [0.717, 1.165) is 22.5 Å². The highest BCUT2D eigenvalue weighted by Crippen LogP contribution is 2.15. The Morgan fingerprint density at radius 3 is 2.42 bits per heavy atom. The number of hydrogen-bond donors (Lipinski definition) is 3. The number of aryl methyl sites for hydroxylation is 1. The molecule has 0 aliphatic carbocycles. The number of carbonyl (C=O) groups is 1. The van der Waals surface area contributed by atoms with Gasteiger partial charge in [-0.15, -0.1) is 0 Å². The Balaban J connectivity index is 2.03. The van der Waals surface area contributed by atoms with Crippen molar-refractivity contribution < 1.29 is 4.79 Å². The summed E-state index contributed by atoms with van der Waals surface area (Å²) in [5.74, 6) is 0.